The molecule has 0 saturated carbocycles. The number of azide groups is 1. The molecule has 0 radical (unpaired) electrons. The van der Waals surface area contributed by atoms with E-state index >= 15 is 0 Å². The molecule has 0 aliphatic carbocycles. The van der Waals surface area contributed by atoms with E-state index in [0.717, 1.165) is 0 Å². The Labute approximate surface area is 103 Å². The molecule has 2 atom stereocenters. The monoisotopic (exact) mass is 252 g/mol. The highest BCUT2D eigenvalue weighted by atomic mass is 32.1. The summed E-state index contributed by atoms with van der Waals surface area (Å²) in [6.45, 7) is -0.199. The summed E-state index contributed by atoms with van der Waals surface area (Å²) in [5, 5.41) is 22.6. The van der Waals surface area contributed by atoms with Gasteiger partial charge >= 0.3 is 0 Å². The van der Waals surface area contributed by atoms with Crippen LogP contribution in [-0.2, 0) is 0 Å². The maximum Gasteiger partial charge on any atom is 0.105 e. The van der Waals surface area contributed by atoms with Crippen LogP contribution >= 0.6 is 12.2 Å². The second kappa shape index (κ2) is 6.17. The number of aliphatic hydroxyl groups is 2. The second-order valence-electron chi connectivity index (χ2n) is 3.42. The van der Waals surface area contributed by atoms with Crippen LogP contribution in [0.5, 0.6) is 0 Å². The standard InChI is InChI=1S/C10H12N4O2S/c11-10(17)7-3-1-2-6(4-7)9(16)8(15)5-13-14-12/h1-4,8-9,15-16H,5H2,(H2,11,17). The minimum absolute atomic E-state index is 0.199. The van der Waals surface area contributed by atoms with Crippen molar-refractivity contribution in [2.24, 2.45) is 10.8 Å². The van der Waals surface area contributed by atoms with Crippen LogP contribution in [0.1, 0.15) is 17.2 Å². The lowest BCUT2D eigenvalue weighted by molar-refractivity contribution is 0.0244. The molecule has 6 nitrogen and oxygen atoms in total. The number of thiocarbonyl (C=S) groups is 1. The van der Waals surface area contributed by atoms with Crippen LogP contribution in [0, 0.1) is 0 Å². The summed E-state index contributed by atoms with van der Waals surface area (Å²) in [4.78, 5) is 2.72. The number of hydrogen-bond donors (Lipinski definition) is 3. The fraction of sp³-hybridized carbons (Fsp3) is 0.300. The van der Waals surface area contributed by atoms with Gasteiger partial charge in [-0.05, 0) is 17.2 Å². The van der Waals surface area contributed by atoms with Gasteiger partial charge in [0.1, 0.15) is 11.1 Å². The van der Waals surface area contributed by atoms with Gasteiger partial charge in [0.25, 0.3) is 0 Å². The van der Waals surface area contributed by atoms with Crippen molar-refractivity contribution >= 4 is 17.2 Å². The quantitative estimate of drug-likeness (QED) is 0.314. The van der Waals surface area contributed by atoms with Gasteiger partial charge in [-0.15, -0.1) is 0 Å². The molecule has 0 fully saturated rings. The predicted molar refractivity (Wildman–Crippen MR) is 67.3 cm³/mol. The van der Waals surface area contributed by atoms with E-state index in [1.807, 2.05) is 0 Å². The van der Waals surface area contributed by atoms with Gasteiger partial charge < -0.3 is 15.9 Å². The Balaban J connectivity index is 2.87. The largest absolute Gasteiger partial charge is 0.390 e. The molecule has 17 heavy (non-hydrogen) atoms. The normalized spacial score (nSPS) is 13.5. The topological polar surface area (TPSA) is 115 Å². The molecule has 7 heteroatoms. The smallest absolute Gasteiger partial charge is 0.105 e. The van der Waals surface area contributed by atoms with E-state index in [0.29, 0.717) is 11.1 Å². The van der Waals surface area contributed by atoms with Crippen molar-refractivity contribution in [1.29, 1.82) is 0 Å². The van der Waals surface area contributed by atoms with Gasteiger partial charge in [0, 0.05) is 10.5 Å². The van der Waals surface area contributed by atoms with Crippen LogP contribution < -0.4 is 5.73 Å². The average molecular weight is 252 g/mol. The Morgan fingerprint density at radius 3 is 2.82 bits per heavy atom. The molecule has 0 heterocycles. The molecule has 0 amide bonds. The number of aliphatic hydroxyl groups excluding tert-OH is 2. The van der Waals surface area contributed by atoms with Crippen LogP contribution in [-0.4, -0.2) is 27.9 Å². The van der Waals surface area contributed by atoms with Crippen molar-refractivity contribution in [3.05, 3.63) is 45.8 Å². The lowest BCUT2D eigenvalue weighted by Gasteiger charge is -2.16. The van der Waals surface area contributed by atoms with Crippen LogP contribution in [0.25, 0.3) is 10.4 Å². The van der Waals surface area contributed by atoms with Gasteiger partial charge in [0.15, 0.2) is 0 Å². The van der Waals surface area contributed by atoms with E-state index in [2.05, 4.69) is 10.0 Å². The molecular weight excluding hydrogens is 240 g/mol. The Morgan fingerprint density at radius 1 is 1.53 bits per heavy atom. The molecule has 0 spiro atoms. The summed E-state index contributed by atoms with van der Waals surface area (Å²) in [7, 11) is 0. The van der Waals surface area contributed by atoms with Crippen LogP contribution in [0.4, 0.5) is 0 Å². The summed E-state index contributed by atoms with van der Waals surface area (Å²) >= 11 is 4.81. The Morgan fingerprint density at radius 2 is 2.24 bits per heavy atom. The lowest BCUT2D eigenvalue weighted by atomic mass is 10.0. The first-order valence-corrected chi connectivity index (χ1v) is 5.24. The first kappa shape index (κ1) is 13.4. The van der Waals surface area contributed by atoms with Gasteiger partial charge in [-0.1, -0.05) is 35.5 Å². The summed E-state index contributed by atoms with van der Waals surface area (Å²) in [5.74, 6) is 0. The van der Waals surface area contributed by atoms with Crippen molar-refractivity contribution in [2.75, 3.05) is 6.54 Å². The van der Waals surface area contributed by atoms with Gasteiger partial charge in [0.05, 0.1) is 12.6 Å². The summed E-state index contributed by atoms with van der Waals surface area (Å²) < 4.78 is 0. The van der Waals surface area contributed by atoms with Gasteiger partial charge in [-0.2, -0.15) is 0 Å². The molecule has 90 valence electrons. The summed E-state index contributed by atoms with van der Waals surface area (Å²) in [6.07, 6.45) is -2.30. The lowest BCUT2D eigenvalue weighted by Crippen LogP contribution is -2.21. The Hall–Kier alpha value is -1.66. The highest BCUT2D eigenvalue weighted by Gasteiger charge is 2.17. The number of nitrogens with zero attached hydrogens (tertiary/aromatic N) is 3. The van der Waals surface area contributed by atoms with Gasteiger partial charge in [-0.25, -0.2) is 0 Å². The zero-order chi connectivity index (χ0) is 12.8. The number of benzene rings is 1. The average Bonchev–Trinajstić information content (AvgIpc) is 2.35. The molecular formula is C10H12N4O2S. The molecule has 0 aromatic heterocycles. The Kier molecular flexibility index (Phi) is 4.86. The maximum absolute atomic E-state index is 9.80. The molecule has 0 bridgehead atoms. The maximum atomic E-state index is 9.80. The SMILES string of the molecule is [N-]=[N+]=NCC(O)C(O)c1cccc(C(N)=S)c1. The molecule has 1 rings (SSSR count). The van der Waals surface area contributed by atoms with E-state index in [1.54, 1.807) is 24.3 Å². The fourth-order valence-corrected chi connectivity index (χ4v) is 1.45. The third kappa shape index (κ3) is 3.69. The van der Waals surface area contributed by atoms with Crippen molar-refractivity contribution in [3.8, 4) is 0 Å². The first-order valence-electron chi connectivity index (χ1n) is 4.83. The minimum Gasteiger partial charge on any atom is -0.390 e. The first-order chi connectivity index (χ1) is 8.06. The third-order valence-corrected chi connectivity index (χ3v) is 2.44. The Bertz CT molecular complexity index is 459. The van der Waals surface area contributed by atoms with Gasteiger partial charge in [-0.3, -0.25) is 0 Å². The molecule has 4 N–H and O–H groups in total. The predicted octanol–water partition coefficient (Wildman–Crippen LogP) is 1.03. The summed E-state index contributed by atoms with van der Waals surface area (Å²) in [6, 6.07) is 6.60. The van der Waals surface area contributed by atoms with Gasteiger partial charge in [0.2, 0.25) is 0 Å². The zero-order valence-electron chi connectivity index (χ0n) is 8.89. The number of hydrogen-bond acceptors (Lipinski definition) is 4. The molecule has 0 aliphatic heterocycles. The number of rotatable bonds is 5. The zero-order valence-corrected chi connectivity index (χ0v) is 9.71. The van der Waals surface area contributed by atoms with E-state index < -0.39 is 12.2 Å². The van der Waals surface area contributed by atoms with E-state index in [-0.39, 0.29) is 11.5 Å². The van der Waals surface area contributed by atoms with Crippen LogP contribution in [0.15, 0.2) is 29.4 Å². The second-order valence-corrected chi connectivity index (χ2v) is 3.86. The molecule has 0 saturated heterocycles. The molecule has 0 aliphatic rings. The highest BCUT2D eigenvalue weighted by molar-refractivity contribution is 7.80. The van der Waals surface area contributed by atoms with Crippen molar-refractivity contribution in [1.82, 2.24) is 0 Å². The highest BCUT2D eigenvalue weighted by Crippen LogP contribution is 2.18. The summed E-state index contributed by atoms with van der Waals surface area (Å²) in [5.41, 5.74) is 14.6. The van der Waals surface area contributed by atoms with Crippen molar-refractivity contribution in [3.63, 3.8) is 0 Å². The third-order valence-electron chi connectivity index (χ3n) is 2.21. The molecule has 1 aromatic rings. The molecule has 2 unspecified atom stereocenters. The minimum atomic E-state index is -1.16. The van der Waals surface area contributed by atoms with Crippen molar-refractivity contribution in [2.45, 2.75) is 12.2 Å². The van der Waals surface area contributed by atoms with Crippen LogP contribution in [0.3, 0.4) is 0 Å². The van der Waals surface area contributed by atoms with Crippen molar-refractivity contribution < 1.29 is 10.2 Å². The van der Waals surface area contributed by atoms with Crippen LogP contribution in [0.2, 0.25) is 0 Å². The molecule has 1 aromatic carbocycles. The van der Waals surface area contributed by atoms with E-state index in [4.69, 9.17) is 23.5 Å². The number of nitrogens with two attached hydrogens (primary N) is 1. The van der Waals surface area contributed by atoms with E-state index in [9.17, 15) is 10.2 Å². The van der Waals surface area contributed by atoms with E-state index in [1.165, 1.54) is 0 Å². The fourth-order valence-electron chi connectivity index (χ4n) is 1.32.